The highest BCUT2D eigenvalue weighted by Gasteiger charge is 2.42. The topological polar surface area (TPSA) is 110 Å². The van der Waals surface area contributed by atoms with Crippen molar-refractivity contribution in [3.8, 4) is 0 Å². The predicted molar refractivity (Wildman–Crippen MR) is 114 cm³/mol. The van der Waals surface area contributed by atoms with Crippen LogP contribution in [-0.2, 0) is 11.2 Å². The van der Waals surface area contributed by atoms with Gasteiger partial charge in [0.05, 0.1) is 22.4 Å². The minimum atomic E-state index is -1.12. The van der Waals surface area contributed by atoms with Gasteiger partial charge in [-0.3, -0.25) is 24.1 Å². The fourth-order valence-electron chi connectivity index (χ4n) is 3.65. The highest BCUT2D eigenvalue weighted by Crippen LogP contribution is 2.27. The van der Waals surface area contributed by atoms with Crippen molar-refractivity contribution in [1.29, 1.82) is 0 Å². The highest BCUT2D eigenvalue weighted by molar-refractivity contribution is 6.23. The number of hydrogen-bond acceptors (Lipinski definition) is 4. The third kappa shape index (κ3) is 3.81. The fourth-order valence-corrected chi connectivity index (χ4v) is 3.65. The summed E-state index contributed by atoms with van der Waals surface area (Å²) >= 11 is 0. The van der Waals surface area contributed by atoms with Gasteiger partial charge in [0.1, 0.15) is 6.04 Å². The first-order valence-corrected chi connectivity index (χ1v) is 9.68. The second-order valence-corrected chi connectivity index (χ2v) is 7.13. The zero-order valence-corrected chi connectivity index (χ0v) is 16.4. The van der Waals surface area contributed by atoms with Crippen LogP contribution in [0.5, 0.6) is 0 Å². The molecule has 7 heteroatoms. The van der Waals surface area contributed by atoms with Crippen LogP contribution in [0.1, 0.15) is 36.6 Å². The predicted octanol–water partition coefficient (Wildman–Crippen LogP) is 2.63. The molecule has 7 nitrogen and oxygen atoms in total. The van der Waals surface area contributed by atoms with E-state index in [9.17, 15) is 19.2 Å². The molecule has 4 rings (SSSR count). The van der Waals surface area contributed by atoms with Crippen molar-refractivity contribution in [2.24, 2.45) is 5.73 Å². The van der Waals surface area contributed by atoms with E-state index in [1.54, 1.807) is 42.5 Å². The van der Waals surface area contributed by atoms with Gasteiger partial charge < -0.3 is 11.1 Å². The molecule has 0 fully saturated rings. The number of anilines is 1. The van der Waals surface area contributed by atoms with Crippen LogP contribution in [-0.4, -0.2) is 34.6 Å². The summed E-state index contributed by atoms with van der Waals surface area (Å²) in [4.78, 5) is 52.1. The van der Waals surface area contributed by atoms with Crippen LogP contribution < -0.4 is 11.1 Å². The Hall–Kier alpha value is -4.26. The van der Waals surface area contributed by atoms with Crippen molar-refractivity contribution in [3.63, 3.8) is 0 Å². The maximum atomic E-state index is 13.3. The molecular formula is C24H19N3O4. The first kappa shape index (κ1) is 20.0. The number of imide groups is 1. The number of fused-ring (bicyclic) bond motifs is 1. The molecule has 3 aromatic rings. The maximum absolute atomic E-state index is 13.3. The Labute approximate surface area is 178 Å². The Morgan fingerprint density at radius 1 is 0.806 bits per heavy atom. The largest absolute Gasteiger partial charge is 0.366 e. The van der Waals surface area contributed by atoms with Gasteiger partial charge in [0.2, 0.25) is 5.91 Å². The number of benzene rings is 3. The van der Waals surface area contributed by atoms with Gasteiger partial charge in [0.25, 0.3) is 17.7 Å². The van der Waals surface area contributed by atoms with Gasteiger partial charge >= 0.3 is 0 Å². The van der Waals surface area contributed by atoms with Gasteiger partial charge in [-0.25, -0.2) is 0 Å². The van der Waals surface area contributed by atoms with E-state index in [2.05, 4.69) is 5.32 Å². The lowest BCUT2D eigenvalue weighted by Crippen LogP contribution is -2.48. The van der Waals surface area contributed by atoms with Crippen LogP contribution in [0.4, 0.5) is 5.69 Å². The zero-order valence-electron chi connectivity index (χ0n) is 16.4. The van der Waals surface area contributed by atoms with Crippen LogP contribution in [0.2, 0.25) is 0 Å². The third-order valence-corrected chi connectivity index (χ3v) is 5.16. The van der Waals surface area contributed by atoms with Gasteiger partial charge in [-0.1, -0.05) is 54.6 Å². The number of carbonyl (C=O) groups excluding carboxylic acids is 4. The average molecular weight is 413 g/mol. The number of nitrogens with two attached hydrogens (primary N) is 1. The molecule has 31 heavy (non-hydrogen) atoms. The molecule has 4 amide bonds. The molecule has 0 unspecified atom stereocenters. The summed E-state index contributed by atoms with van der Waals surface area (Å²) < 4.78 is 0. The van der Waals surface area contributed by atoms with E-state index in [0.717, 1.165) is 10.5 Å². The van der Waals surface area contributed by atoms with Gasteiger partial charge in [-0.15, -0.1) is 0 Å². The molecule has 0 bridgehead atoms. The average Bonchev–Trinajstić information content (AvgIpc) is 3.03. The van der Waals surface area contributed by atoms with Gasteiger partial charge in [0.15, 0.2) is 0 Å². The summed E-state index contributed by atoms with van der Waals surface area (Å²) in [5.41, 5.74) is 7.06. The molecule has 1 aliphatic heterocycles. The van der Waals surface area contributed by atoms with Crippen molar-refractivity contribution in [1.82, 2.24) is 4.90 Å². The lowest BCUT2D eigenvalue weighted by molar-refractivity contribution is -0.119. The van der Waals surface area contributed by atoms with E-state index in [1.807, 2.05) is 30.3 Å². The van der Waals surface area contributed by atoms with Crippen molar-refractivity contribution >= 4 is 29.3 Å². The zero-order chi connectivity index (χ0) is 22.0. The summed E-state index contributed by atoms with van der Waals surface area (Å²) in [5.74, 6) is -2.34. The molecule has 0 saturated carbocycles. The highest BCUT2D eigenvalue weighted by atomic mass is 16.2. The second-order valence-electron chi connectivity index (χ2n) is 7.13. The van der Waals surface area contributed by atoms with E-state index in [0.29, 0.717) is 0 Å². The molecule has 0 spiro atoms. The molecule has 0 aliphatic carbocycles. The first-order valence-electron chi connectivity index (χ1n) is 9.68. The number of carbonyl (C=O) groups is 4. The van der Waals surface area contributed by atoms with Gasteiger partial charge in [-0.05, 0) is 29.8 Å². The van der Waals surface area contributed by atoms with Crippen LogP contribution in [0.15, 0.2) is 78.9 Å². The minimum Gasteiger partial charge on any atom is -0.366 e. The van der Waals surface area contributed by atoms with E-state index >= 15 is 0 Å². The summed E-state index contributed by atoms with van der Waals surface area (Å²) in [6.45, 7) is 0. The summed E-state index contributed by atoms with van der Waals surface area (Å²) in [6, 6.07) is 20.8. The molecule has 1 heterocycles. The summed E-state index contributed by atoms with van der Waals surface area (Å²) in [6.07, 6.45) is 0.122. The molecule has 0 radical (unpaired) electrons. The van der Waals surface area contributed by atoms with Crippen molar-refractivity contribution < 1.29 is 19.2 Å². The van der Waals surface area contributed by atoms with Crippen molar-refractivity contribution in [3.05, 3.63) is 101 Å². The van der Waals surface area contributed by atoms with E-state index in [1.165, 1.54) is 6.07 Å². The van der Waals surface area contributed by atoms with E-state index in [4.69, 9.17) is 5.73 Å². The number of nitrogens with zero attached hydrogens (tertiary/aromatic N) is 1. The number of primary amides is 1. The Balaban J connectivity index is 1.71. The van der Waals surface area contributed by atoms with Crippen LogP contribution >= 0.6 is 0 Å². The lowest BCUT2D eigenvalue weighted by atomic mass is 10.0. The molecule has 1 atom stereocenters. The molecule has 154 valence electrons. The summed E-state index contributed by atoms with van der Waals surface area (Å²) in [7, 11) is 0. The number of rotatable bonds is 6. The van der Waals surface area contributed by atoms with Gasteiger partial charge in [-0.2, -0.15) is 0 Å². The van der Waals surface area contributed by atoms with Crippen LogP contribution in [0, 0.1) is 0 Å². The third-order valence-electron chi connectivity index (χ3n) is 5.16. The second kappa shape index (κ2) is 8.23. The standard InChI is InChI=1S/C24H19N3O4/c25-21(28)18-12-6-7-13-19(18)26-22(29)20(14-15-8-2-1-3-9-15)27-23(30)16-10-4-5-11-17(16)24(27)31/h1-13,20H,14H2,(H2,25,28)(H,26,29)/t20-/m1/s1. The Morgan fingerprint density at radius 2 is 1.35 bits per heavy atom. The van der Waals surface area contributed by atoms with E-state index < -0.39 is 29.7 Å². The Morgan fingerprint density at radius 3 is 1.97 bits per heavy atom. The Kier molecular flexibility index (Phi) is 5.32. The molecule has 0 saturated heterocycles. The lowest BCUT2D eigenvalue weighted by Gasteiger charge is -2.26. The van der Waals surface area contributed by atoms with Gasteiger partial charge in [0, 0.05) is 6.42 Å². The first-order chi connectivity index (χ1) is 15.0. The van der Waals surface area contributed by atoms with Crippen molar-refractivity contribution in [2.45, 2.75) is 12.5 Å². The maximum Gasteiger partial charge on any atom is 0.262 e. The van der Waals surface area contributed by atoms with Crippen LogP contribution in [0.25, 0.3) is 0 Å². The molecular weight excluding hydrogens is 394 g/mol. The van der Waals surface area contributed by atoms with Crippen molar-refractivity contribution in [2.75, 3.05) is 5.32 Å². The quantitative estimate of drug-likeness (QED) is 0.606. The van der Waals surface area contributed by atoms with E-state index in [-0.39, 0.29) is 28.8 Å². The number of nitrogens with one attached hydrogen (secondary N) is 1. The monoisotopic (exact) mass is 413 g/mol. The smallest absolute Gasteiger partial charge is 0.262 e. The molecule has 1 aliphatic rings. The van der Waals surface area contributed by atoms with Crippen LogP contribution in [0.3, 0.4) is 0 Å². The number of amides is 4. The Bertz CT molecular complexity index is 1160. The SMILES string of the molecule is NC(=O)c1ccccc1NC(=O)[C@@H](Cc1ccccc1)N1C(=O)c2ccccc2C1=O. The summed E-state index contributed by atoms with van der Waals surface area (Å²) in [5, 5.41) is 2.67. The normalized spacial score (nSPS) is 13.6. The molecule has 0 aromatic heterocycles. The number of para-hydroxylation sites is 1. The fraction of sp³-hybridized carbons (Fsp3) is 0.0833. The molecule has 3 N–H and O–H groups in total. The molecule has 3 aromatic carbocycles. The minimum absolute atomic E-state index is 0.122. The number of hydrogen-bond donors (Lipinski definition) is 2.